The lowest BCUT2D eigenvalue weighted by atomic mass is 9.87. The van der Waals surface area contributed by atoms with Crippen molar-refractivity contribution >= 4 is 24.0 Å². The van der Waals surface area contributed by atoms with Gasteiger partial charge in [0.05, 0.1) is 12.1 Å². The number of hydrogen-bond acceptors (Lipinski definition) is 4. The maximum atomic E-state index is 12.7. The monoisotopic (exact) mass is 408 g/mol. The minimum Gasteiger partial charge on any atom is -0.381 e. The van der Waals surface area contributed by atoms with E-state index in [-0.39, 0.29) is 30.0 Å². The topological polar surface area (TPSA) is 42.0 Å². The number of nitrogens with zero attached hydrogens (tertiary/aromatic N) is 2. The molecule has 1 aromatic carbocycles. The molecule has 3 aliphatic rings. The van der Waals surface area contributed by atoms with Gasteiger partial charge >= 0.3 is 0 Å². The van der Waals surface area contributed by atoms with Crippen LogP contribution in [0.25, 0.3) is 0 Å². The summed E-state index contributed by atoms with van der Waals surface area (Å²) in [7, 11) is 0. The third kappa shape index (κ3) is 4.88. The van der Waals surface area contributed by atoms with Gasteiger partial charge in [-0.05, 0) is 63.6 Å². The molecule has 3 aliphatic heterocycles. The van der Waals surface area contributed by atoms with Crippen molar-refractivity contribution in [1.29, 1.82) is 0 Å². The van der Waals surface area contributed by atoms with Gasteiger partial charge in [-0.25, -0.2) is 0 Å². The minimum atomic E-state index is -0.368. The first-order chi connectivity index (χ1) is 13.2. The van der Waals surface area contributed by atoms with Gasteiger partial charge in [-0.3, -0.25) is 4.79 Å². The summed E-state index contributed by atoms with van der Waals surface area (Å²) in [5.41, 5.74) is 0.789. The average Bonchev–Trinajstić information content (AvgIpc) is 2.72. The number of amides is 1. The number of likely N-dealkylation sites (tertiary alicyclic amines) is 1. The summed E-state index contributed by atoms with van der Waals surface area (Å²) < 4.78 is 11.8. The second-order valence-electron chi connectivity index (χ2n) is 8.39. The molecule has 3 heterocycles. The Morgan fingerprint density at radius 3 is 2.46 bits per heavy atom. The van der Waals surface area contributed by atoms with Crippen molar-refractivity contribution in [3.8, 4) is 0 Å². The average molecular weight is 409 g/mol. The Kier molecular flexibility index (Phi) is 7.37. The number of piperidine rings is 1. The number of carbonyl (C=O) groups excluding carboxylic acids is 1. The predicted octanol–water partition coefficient (Wildman–Crippen LogP) is 3.51. The molecule has 0 bridgehead atoms. The van der Waals surface area contributed by atoms with Gasteiger partial charge in [0.25, 0.3) is 5.91 Å². The summed E-state index contributed by atoms with van der Waals surface area (Å²) in [6.07, 6.45) is 5.35. The number of morpholine rings is 1. The van der Waals surface area contributed by atoms with E-state index in [1.807, 2.05) is 42.2 Å². The first-order valence-corrected chi connectivity index (χ1v) is 10.5. The van der Waals surface area contributed by atoms with E-state index in [0.717, 1.165) is 50.8 Å². The summed E-state index contributed by atoms with van der Waals surface area (Å²) in [5, 5.41) is 0. The van der Waals surface area contributed by atoms with Crippen molar-refractivity contribution < 1.29 is 14.3 Å². The number of ether oxygens (including phenoxy) is 2. The lowest BCUT2D eigenvalue weighted by molar-refractivity contribution is -0.161. The highest BCUT2D eigenvalue weighted by atomic mass is 35.5. The van der Waals surface area contributed by atoms with Crippen molar-refractivity contribution in [2.45, 2.75) is 50.7 Å². The highest BCUT2D eigenvalue weighted by Gasteiger charge is 2.45. The van der Waals surface area contributed by atoms with Gasteiger partial charge in [0, 0.05) is 32.0 Å². The first-order valence-electron chi connectivity index (χ1n) is 10.5. The molecule has 5 nitrogen and oxygen atoms in total. The summed E-state index contributed by atoms with van der Waals surface area (Å²) in [6.45, 7) is 7.74. The molecule has 1 atom stereocenters. The molecule has 0 N–H and O–H groups in total. The number of benzene rings is 1. The van der Waals surface area contributed by atoms with E-state index in [1.54, 1.807) is 0 Å². The van der Waals surface area contributed by atoms with Gasteiger partial charge in [0.15, 0.2) is 0 Å². The highest BCUT2D eigenvalue weighted by Crippen LogP contribution is 2.35. The Balaban J connectivity index is 0.00000225. The highest BCUT2D eigenvalue weighted by molar-refractivity contribution is 5.97. The lowest BCUT2D eigenvalue weighted by Crippen LogP contribution is -2.61. The smallest absolute Gasteiger partial charge is 0.255 e. The zero-order valence-corrected chi connectivity index (χ0v) is 17.7. The Labute approximate surface area is 174 Å². The molecule has 0 aromatic heterocycles. The molecule has 3 saturated heterocycles. The van der Waals surface area contributed by atoms with Crippen LogP contribution in [0, 0.1) is 5.92 Å². The second-order valence-corrected chi connectivity index (χ2v) is 8.39. The van der Waals surface area contributed by atoms with Crippen LogP contribution in [0.1, 0.15) is 39.0 Å². The molecule has 4 rings (SSSR count). The third-order valence-electron chi connectivity index (χ3n) is 6.52. The molecule has 0 aliphatic carbocycles. The number of carbonyl (C=O) groups is 1. The van der Waals surface area contributed by atoms with Crippen LogP contribution < -0.4 is 4.90 Å². The second kappa shape index (κ2) is 9.57. The normalized spacial score (nSPS) is 26.2. The Hall–Kier alpha value is -1.14. The summed E-state index contributed by atoms with van der Waals surface area (Å²) in [5.74, 6) is 0.903. The zero-order valence-electron chi connectivity index (χ0n) is 16.8. The van der Waals surface area contributed by atoms with Crippen LogP contribution in [0.5, 0.6) is 0 Å². The summed E-state index contributed by atoms with van der Waals surface area (Å²) in [6, 6.07) is 10.0. The molecular weight excluding hydrogens is 376 g/mol. The molecule has 1 spiro atoms. The van der Waals surface area contributed by atoms with E-state index in [4.69, 9.17) is 9.47 Å². The fourth-order valence-electron chi connectivity index (χ4n) is 4.74. The predicted molar refractivity (Wildman–Crippen MR) is 113 cm³/mol. The molecule has 1 aromatic rings. The molecule has 0 radical (unpaired) electrons. The minimum absolute atomic E-state index is 0. The largest absolute Gasteiger partial charge is 0.381 e. The van der Waals surface area contributed by atoms with E-state index in [9.17, 15) is 4.79 Å². The molecule has 156 valence electrons. The molecule has 1 unspecified atom stereocenters. The lowest BCUT2D eigenvalue weighted by Gasteiger charge is -2.49. The Bertz CT molecular complexity index is 628. The van der Waals surface area contributed by atoms with Gasteiger partial charge in [-0.1, -0.05) is 18.2 Å². The third-order valence-corrected chi connectivity index (χ3v) is 6.52. The SMILES string of the molecule is CC1OC2(CCN(CCC3CCOCC3)CC2)CN(c2ccccc2)C1=O.Cl. The summed E-state index contributed by atoms with van der Waals surface area (Å²) >= 11 is 0. The van der Waals surface area contributed by atoms with Crippen LogP contribution in [0.2, 0.25) is 0 Å². The number of halogens is 1. The maximum absolute atomic E-state index is 12.7. The van der Waals surface area contributed by atoms with Gasteiger partial charge in [0.2, 0.25) is 0 Å². The van der Waals surface area contributed by atoms with Gasteiger partial charge in [0.1, 0.15) is 6.10 Å². The van der Waals surface area contributed by atoms with Crippen LogP contribution in [-0.2, 0) is 14.3 Å². The van der Waals surface area contributed by atoms with Gasteiger partial charge in [-0.15, -0.1) is 12.4 Å². The number of para-hydroxylation sites is 1. The van der Waals surface area contributed by atoms with Crippen molar-refractivity contribution in [3.63, 3.8) is 0 Å². The molecule has 1 amide bonds. The standard InChI is InChI=1S/C22H32N2O3.ClH/c1-18-21(25)24(20-5-3-2-4-6-20)17-22(27-18)10-13-23(14-11-22)12-7-19-8-15-26-16-9-19;/h2-6,18-19H,7-17H2,1H3;1H. The molecular formula is C22H33ClN2O3. The van der Waals surface area contributed by atoms with Crippen LogP contribution in [0.15, 0.2) is 30.3 Å². The van der Waals surface area contributed by atoms with E-state index in [0.29, 0.717) is 6.54 Å². The van der Waals surface area contributed by atoms with Crippen molar-refractivity contribution in [2.24, 2.45) is 5.92 Å². The van der Waals surface area contributed by atoms with E-state index >= 15 is 0 Å². The molecule has 3 fully saturated rings. The van der Waals surface area contributed by atoms with Gasteiger partial charge < -0.3 is 19.3 Å². The molecule has 0 saturated carbocycles. The number of rotatable bonds is 4. The Morgan fingerprint density at radius 1 is 1.11 bits per heavy atom. The number of anilines is 1. The number of hydrogen-bond donors (Lipinski definition) is 0. The zero-order chi connectivity index (χ0) is 18.7. The van der Waals surface area contributed by atoms with Crippen LogP contribution in [0.3, 0.4) is 0 Å². The fraction of sp³-hybridized carbons (Fsp3) is 0.682. The van der Waals surface area contributed by atoms with Crippen LogP contribution in [-0.4, -0.2) is 61.9 Å². The summed E-state index contributed by atoms with van der Waals surface area (Å²) in [4.78, 5) is 17.2. The quantitative estimate of drug-likeness (QED) is 0.764. The van der Waals surface area contributed by atoms with Crippen molar-refractivity contribution in [2.75, 3.05) is 44.3 Å². The van der Waals surface area contributed by atoms with E-state index in [2.05, 4.69) is 4.90 Å². The first kappa shape index (κ1) is 21.6. The maximum Gasteiger partial charge on any atom is 0.255 e. The Morgan fingerprint density at radius 2 is 1.79 bits per heavy atom. The molecule has 28 heavy (non-hydrogen) atoms. The van der Waals surface area contributed by atoms with Crippen molar-refractivity contribution in [3.05, 3.63) is 30.3 Å². The van der Waals surface area contributed by atoms with Crippen LogP contribution >= 0.6 is 12.4 Å². The van der Waals surface area contributed by atoms with Crippen molar-refractivity contribution in [1.82, 2.24) is 4.90 Å². The fourth-order valence-corrected chi connectivity index (χ4v) is 4.74. The van der Waals surface area contributed by atoms with E-state index < -0.39 is 0 Å². The molecule has 6 heteroatoms. The van der Waals surface area contributed by atoms with Gasteiger partial charge in [-0.2, -0.15) is 0 Å². The van der Waals surface area contributed by atoms with Crippen LogP contribution in [0.4, 0.5) is 5.69 Å². The van der Waals surface area contributed by atoms with E-state index in [1.165, 1.54) is 25.8 Å².